The van der Waals surface area contributed by atoms with Crippen molar-refractivity contribution in [2.24, 2.45) is 7.05 Å². The van der Waals surface area contributed by atoms with Crippen LogP contribution in [-0.4, -0.2) is 9.61 Å². The standard InChI is InChI=1S/C13H12N4/c1-16-5-2-10(3-6-16)11-4-7-17-13(8-11)12(14)9-15-17/h2-9,14H,1H3/p+1. The molecule has 0 radical (unpaired) electrons. The van der Waals surface area contributed by atoms with Gasteiger partial charge in [-0.25, -0.2) is 9.08 Å². The molecule has 2 N–H and O–H groups in total. The van der Waals surface area contributed by atoms with Crippen molar-refractivity contribution in [2.45, 2.75) is 0 Å². The van der Waals surface area contributed by atoms with Crippen LogP contribution in [0.2, 0.25) is 0 Å². The fraction of sp³-hybridized carbons (Fsp3) is 0.0769. The quantitative estimate of drug-likeness (QED) is 0.636. The first-order valence-electron chi connectivity index (χ1n) is 5.42. The number of hydrogen-bond acceptors (Lipinski definition) is 2. The molecule has 4 heteroatoms. The van der Waals surface area contributed by atoms with E-state index in [1.165, 1.54) is 5.56 Å². The molecule has 3 rings (SSSR count). The lowest BCUT2D eigenvalue weighted by molar-refractivity contribution is -0.671. The van der Waals surface area contributed by atoms with Gasteiger partial charge in [0.15, 0.2) is 12.4 Å². The van der Waals surface area contributed by atoms with Crippen LogP contribution in [0.15, 0.2) is 49.1 Å². The van der Waals surface area contributed by atoms with Crippen molar-refractivity contribution in [3.8, 4) is 11.1 Å². The molecule has 84 valence electrons. The summed E-state index contributed by atoms with van der Waals surface area (Å²) in [7, 11) is 2.00. The van der Waals surface area contributed by atoms with Crippen LogP contribution in [-0.2, 0) is 7.05 Å². The van der Waals surface area contributed by atoms with Crippen LogP contribution in [0.4, 0.5) is 5.69 Å². The van der Waals surface area contributed by atoms with Gasteiger partial charge in [-0.2, -0.15) is 5.10 Å². The SMILES string of the molecule is C[n+]1ccc(-c2ccn3ncc(N)c3c2)cc1. The third-order valence-electron chi connectivity index (χ3n) is 2.86. The van der Waals surface area contributed by atoms with Crippen LogP contribution >= 0.6 is 0 Å². The maximum absolute atomic E-state index is 5.86. The van der Waals surface area contributed by atoms with E-state index in [1.54, 1.807) is 10.7 Å². The summed E-state index contributed by atoms with van der Waals surface area (Å²) in [4.78, 5) is 0. The highest BCUT2D eigenvalue weighted by molar-refractivity contribution is 5.75. The van der Waals surface area contributed by atoms with Gasteiger partial charge >= 0.3 is 0 Å². The van der Waals surface area contributed by atoms with E-state index in [9.17, 15) is 0 Å². The molecule has 3 aromatic rings. The molecular formula is C13H13N4+. The molecule has 0 fully saturated rings. The molecule has 0 unspecified atom stereocenters. The molecule has 0 saturated heterocycles. The number of nitrogens with zero attached hydrogens (tertiary/aromatic N) is 3. The molecule has 0 bridgehead atoms. The second kappa shape index (κ2) is 3.59. The third kappa shape index (κ3) is 1.63. The maximum atomic E-state index is 5.86. The van der Waals surface area contributed by atoms with E-state index in [4.69, 9.17) is 5.73 Å². The number of pyridine rings is 2. The largest absolute Gasteiger partial charge is 0.396 e. The Kier molecular flexibility index (Phi) is 2.08. The number of nitrogens with two attached hydrogens (primary N) is 1. The molecule has 0 aromatic carbocycles. The molecule has 0 spiro atoms. The van der Waals surface area contributed by atoms with E-state index >= 15 is 0 Å². The molecule has 17 heavy (non-hydrogen) atoms. The van der Waals surface area contributed by atoms with Crippen LogP contribution in [0.25, 0.3) is 16.6 Å². The molecule has 4 nitrogen and oxygen atoms in total. The summed E-state index contributed by atoms with van der Waals surface area (Å²) in [5.41, 5.74) is 9.82. The van der Waals surface area contributed by atoms with Gasteiger partial charge in [-0.3, -0.25) is 0 Å². The van der Waals surface area contributed by atoms with E-state index in [0.29, 0.717) is 5.69 Å². The summed E-state index contributed by atoms with van der Waals surface area (Å²) in [5, 5.41) is 4.15. The van der Waals surface area contributed by atoms with Crippen molar-refractivity contribution in [3.05, 3.63) is 49.1 Å². The first-order chi connectivity index (χ1) is 8.24. The van der Waals surface area contributed by atoms with Crippen LogP contribution in [0.3, 0.4) is 0 Å². The summed E-state index contributed by atoms with van der Waals surface area (Å²) in [5.74, 6) is 0. The number of nitrogen functional groups attached to an aromatic ring is 1. The van der Waals surface area contributed by atoms with Crippen molar-refractivity contribution in [3.63, 3.8) is 0 Å². The summed E-state index contributed by atoms with van der Waals surface area (Å²) < 4.78 is 3.79. The number of aromatic nitrogens is 3. The topological polar surface area (TPSA) is 47.2 Å². The zero-order valence-electron chi connectivity index (χ0n) is 9.54. The van der Waals surface area contributed by atoms with Gasteiger partial charge in [0.25, 0.3) is 0 Å². The van der Waals surface area contributed by atoms with Gasteiger partial charge in [0.05, 0.1) is 17.4 Å². The monoisotopic (exact) mass is 225 g/mol. The molecule has 0 saturated carbocycles. The normalized spacial score (nSPS) is 10.9. The lowest BCUT2D eigenvalue weighted by Gasteiger charge is -2.01. The maximum Gasteiger partial charge on any atom is 0.169 e. The highest BCUT2D eigenvalue weighted by Gasteiger charge is 2.04. The minimum Gasteiger partial charge on any atom is -0.396 e. The van der Waals surface area contributed by atoms with E-state index in [-0.39, 0.29) is 0 Å². The van der Waals surface area contributed by atoms with Crippen molar-refractivity contribution in [1.82, 2.24) is 9.61 Å². The second-order valence-electron chi connectivity index (χ2n) is 4.10. The Hall–Kier alpha value is -2.36. The van der Waals surface area contributed by atoms with Crippen LogP contribution < -0.4 is 10.3 Å². The number of aryl methyl sites for hydroxylation is 1. The predicted molar refractivity (Wildman–Crippen MR) is 66.2 cm³/mol. The Morgan fingerprint density at radius 3 is 2.71 bits per heavy atom. The Morgan fingerprint density at radius 1 is 1.18 bits per heavy atom. The number of fused-ring (bicyclic) bond motifs is 1. The predicted octanol–water partition coefficient (Wildman–Crippen LogP) is 1.41. The van der Waals surface area contributed by atoms with E-state index in [1.807, 2.05) is 36.3 Å². The highest BCUT2D eigenvalue weighted by Crippen LogP contribution is 2.22. The molecule has 3 heterocycles. The zero-order valence-corrected chi connectivity index (χ0v) is 9.54. The number of hydrogen-bond donors (Lipinski definition) is 1. The molecule has 0 atom stereocenters. The molecule has 0 amide bonds. The molecule has 0 aliphatic rings. The first kappa shape index (κ1) is 9.84. The van der Waals surface area contributed by atoms with E-state index in [0.717, 1.165) is 11.1 Å². The molecule has 0 aliphatic carbocycles. The van der Waals surface area contributed by atoms with Gasteiger partial charge < -0.3 is 5.73 Å². The Morgan fingerprint density at radius 2 is 1.94 bits per heavy atom. The van der Waals surface area contributed by atoms with Crippen LogP contribution in [0.1, 0.15) is 0 Å². The van der Waals surface area contributed by atoms with Crippen molar-refractivity contribution in [2.75, 3.05) is 5.73 Å². The first-order valence-corrected chi connectivity index (χ1v) is 5.42. The smallest absolute Gasteiger partial charge is 0.169 e. The highest BCUT2D eigenvalue weighted by atomic mass is 15.2. The Balaban J connectivity index is 2.17. The summed E-state index contributed by atoms with van der Waals surface area (Å²) in [6.45, 7) is 0. The third-order valence-corrected chi connectivity index (χ3v) is 2.86. The van der Waals surface area contributed by atoms with E-state index in [2.05, 4.69) is 23.3 Å². The molecule has 3 aromatic heterocycles. The molecular weight excluding hydrogens is 212 g/mol. The van der Waals surface area contributed by atoms with Gasteiger partial charge in [-0.1, -0.05) is 0 Å². The molecule has 0 aliphatic heterocycles. The zero-order chi connectivity index (χ0) is 11.8. The average Bonchev–Trinajstić information content (AvgIpc) is 2.72. The van der Waals surface area contributed by atoms with Gasteiger partial charge in [0.1, 0.15) is 7.05 Å². The van der Waals surface area contributed by atoms with Crippen molar-refractivity contribution in [1.29, 1.82) is 0 Å². The Labute approximate surface area is 98.9 Å². The fourth-order valence-electron chi connectivity index (χ4n) is 1.87. The van der Waals surface area contributed by atoms with Gasteiger partial charge in [0.2, 0.25) is 0 Å². The summed E-state index contributed by atoms with van der Waals surface area (Å²) >= 11 is 0. The summed E-state index contributed by atoms with van der Waals surface area (Å²) in [6.07, 6.45) is 7.65. The van der Waals surface area contributed by atoms with Gasteiger partial charge in [-0.05, 0) is 23.3 Å². The fourth-order valence-corrected chi connectivity index (χ4v) is 1.87. The van der Waals surface area contributed by atoms with Gasteiger partial charge in [0, 0.05) is 18.3 Å². The Bertz CT molecular complexity index is 667. The van der Waals surface area contributed by atoms with Crippen LogP contribution in [0, 0.1) is 0 Å². The number of rotatable bonds is 1. The van der Waals surface area contributed by atoms with Crippen molar-refractivity contribution >= 4 is 11.2 Å². The van der Waals surface area contributed by atoms with Crippen LogP contribution in [0.5, 0.6) is 0 Å². The second-order valence-corrected chi connectivity index (χ2v) is 4.10. The summed E-state index contributed by atoms with van der Waals surface area (Å²) in [6, 6.07) is 8.25. The minimum absolute atomic E-state index is 0.702. The lowest BCUT2D eigenvalue weighted by atomic mass is 10.1. The van der Waals surface area contributed by atoms with Gasteiger partial charge in [-0.15, -0.1) is 0 Å². The lowest BCUT2D eigenvalue weighted by Crippen LogP contribution is -2.25. The van der Waals surface area contributed by atoms with Crippen molar-refractivity contribution < 1.29 is 4.57 Å². The number of anilines is 1. The minimum atomic E-state index is 0.702. The van der Waals surface area contributed by atoms with E-state index < -0.39 is 0 Å². The average molecular weight is 225 g/mol.